The van der Waals surface area contributed by atoms with Crippen LogP contribution in [0.15, 0.2) is 212 Å². The van der Waals surface area contributed by atoms with Crippen LogP contribution in [-0.2, 0) is 4.57 Å². The molecular weight excluding hydrogens is 648 g/mol. The van der Waals surface area contributed by atoms with E-state index in [9.17, 15) is 4.57 Å². The number of hydrogen-bond acceptors (Lipinski definition) is 1. The lowest BCUT2D eigenvalue weighted by Gasteiger charge is -2.20. The molecule has 52 heavy (non-hydrogen) atoms. The molecule has 0 amide bonds. The Labute approximate surface area is 304 Å². The minimum Gasteiger partial charge on any atom is -0.309 e. The van der Waals surface area contributed by atoms with Gasteiger partial charge in [0, 0.05) is 15.9 Å². The lowest BCUT2D eigenvalue weighted by Crippen LogP contribution is -2.24. The number of benzene rings is 9. The lowest BCUT2D eigenvalue weighted by atomic mass is 9.85. The molecule has 9 aromatic carbocycles. The highest BCUT2D eigenvalue weighted by Gasteiger charge is 2.29. The summed E-state index contributed by atoms with van der Waals surface area (Å²) >= 11 is 0. The van der Waals surface area contributed by atoms with Gasteiger partial charge in [0.1, 0.15) is 0 Å². The summed E-state index contributed by atoms with van der Waals surface area (Å²) in [5.41, 5.74) is 9.53. The Morgan fingerprint density at radius 3 is 0.846 bits per heavy atom. The Morgan fingerprint density at radius 2 is 0.481 bits per heavy atom. The zero-order valence-electron chi connectivity index (χ0n) is 28.6. The molecule has 2 heteroatoms. The van der Waals surface area contributed by atoms with Crippen LogP contribution in [0.3, 0.4) is 0 Å². The first-order chi connectivity index (χ1) is 25.7. The zero-order valence-corrected chi connectivity index (χ0v) is 29.5. The highest BCUT2D eigenvalue weighted by atomic mass is 31.2. The van der Waals surface area contributed by atoms with Crippen LogP contribution in [0.25, 0.3) is 66.1 Å². The molecule has 9 rings (SSSR count). The third-order valence-corrected chi connectivity index (χ3v) is 13.3. The first kappa shape index (κ1) is 31.7. The SMILES string of the molecule is O=P(c1ccccc1)(c1ccccc1)c1ccc(-c2ccc(-c3c4ccccc4c(-c4ccc(-c5ccccc5)cc4)c4ccccc34)cc2)cc1. The van der Waals surface area contributed by atoms with Crippen molar-refractivity contribution in [2.45, 2.75) is 0 Å². The predicted molar refractivity (Wildman–Crippen MR) is 223 cm³/mol. The first-order valence-corrected chi connectivity index (χ1v) is 19.4. The zero-order chi connectivity index (χ0) is 34.9. The summed E-state index contributed by atoms with van der Waals surface area (Å²) in [5.74, 6) is 0. The molecule has 0 radical (unpaired) electrons. The second-order valence-electron chi connectivity index (χ2n) is 13.2. The van der Waals surface area contributed by atoms with Crippen LogP contribution in [0, 0.1) is 0 Å². The molecule has 0 aliphatic heterocycles. The van der Waals surface area contributed by atoms with E-state index >= 15 is 0 Å². The molecule has 0 heterocycles. The fraction of sp³-hybridized carbons (Fsp3) is 0. The van der Waals surface area contributed by atoms with Crippen molar-refractivity contribution in [3.8, 4) is 44.5 Å². The van der Waals surface area contributed by atoms with Crippen LogP contribution in [-0.4, -0.2) is 0 Å². The van der Waals surface area contributed by atoms with E-state index in [1.807, 2.05) is 72.8 Å². The minimum atomic E-state index is -3.03. The molecule has 9 aromatic rings. The summed E-state index contributed by atoms with van der Waals surface area (Å²) in [7, 11) is -3.03. The third kappa shape index (κ3) is 5.57. The Morgan fingerprint density at radius 1 is 0.231 bits per heavy atom. The molecule has 0 fully saturated rings. The summed E-state index contributed by atoms with van der Waals surface area (Å²) in [6, 6.07) is 74.0. The van der Waals surface area contributed by atoms with E-state index in [4.69, 9.17) is 0 Å². The summed E-state index contributed by atoms with van der Waals surface area (Å²) in [6.07, 6.45) is 0. The highest BCUT2D eigenvalue weighted by molar-refractivity contribution is 7.85. The maximum absolute atomic E-state index is 14.9. The average molecular weight is 683 g/mol. The van der Waals surface area contributed by atoms with Crippen molar-refractivity contribution >= 4 is 44.6 Å². The van der Waals surface area contributed by atoms with Gasteiger partial charge >= 0.3 is 0 Å². The van der Waals surface area contributed by atoms with E-state index in [1.54, 1.807) is 0 Å². The van der Waals surface area contributed by atoms with Crippen LogP contribution in [0.5, 0.6) is 0 Å². The van der Waals surface area contributed by atoms with Crippen LogP contribution in [0.4, 0.5) is 0 Å². The first-order valence-electron chi connectivity index (χ1n) is 17.7. The van der Waals surface area contributed by atoms with Gasteiger partial charge in [0.05, 0.1) is 0 Å². The van der Waals surface area contributed by atoms with Crippen LogP contribution in [0.1, 0.15) is 0 Å². The van der Waals surface area contributed by atoms with Gasteiger partial charge in [-0.2, -0.15) is 0 Å². The number of hydrogen-bond donors (Lipinski definition) is 0. The molecule has 0 N–H and O–H groups in total. The summed E-state index contributed by atoms with van der Waals surface area (Å²) in [5, 5.41) is 7.46. The minimum absolute atomic E-state index is 0.831. The van der Waals surface area contributed by atoms with Gasteiger partial charge in [0.25, 0.3) is 0 Å². The Balaban J connectivity index is 1.10. The molecule has 0 aliphatic carbocycles. The molecule has 0 aromatic heterocycles. The summed E-state index contributed by atoms with van der Waals surface area (Å²) in [6.45, 7) is 0. The van der Waals surface area contributed by atoms with Crippen LogP contribution < -0.4 is 15.9 Å². The van der Waals surface area contributed by atoms with Crippen molar-refractivity contribution in [3.05, 3.63) is 212 Å². The van der Waals surface area contributed by atoms with Crippen molar-refractivity contribution in [1.82, 2.24) is 0 Å². The monoisotopic (exact) mass is 682 g/mol. The van der Waals surface area contributed by atoms with E-state index in [0.717, 1.165) is 27.0 Å². The van der Waals surface area contributed by atoms with Gasteiger partial charge < -0.3 is 4.57 Å². The van der Waals surface area contributed by atoms with Gasteiger partial charge in [-0.05, 0) is 66.1 Å². The molecule has 0 saturated carbocycles. The second kappa shape index (κ2) is 13.5. The molecular formula is C50H35OP. The molecule has 0 spiro atoms. The molecule has 0 aliphatic rings. The van der Waals surface area contributed by atoms with Gasteiger partial charge in [-0.3, -0.25) is 0 Å². The van der Waals surface area contributed by atoms with Crippen molar-refractivity contribution < 1.29 is 4.57 Å². The maximum atomic E-state index is 14.9. The fourth-order valence-corrected chi connectivity index (χ4v) is 10.3. The fourth-order valence-electron chi connectivity index (χ4n) is 7.63. The van der Waals surface area contributed by atoms with Crippen molar-refractivity contribution in [1.29, 1.82) is 0 Å². The van der Waals surface area contributed by atoms with E-state index in [0.29, 0.717) is 0 Å². The highest BCUT2D eigenvalue weighted by Crippen LogP contribution is 2.45. The smallest absolute Gasteiger partial charge is 0.171 e. The molecule has 0 bridgehead atoms. The van der Waals surface area contributed by atoms with E-state index < -0.39 is 7.14 Å². The normalized spacial score (nSPS) is 11.5. The standard InChI is InChI=1S/C50H35OP/c51-52(42-16-6-2-7-17-42,43-18-8-3-9-19-43)44-34-32-39(33-35-44)38-26-30-41(31-27-38)50-47-22-12-10-20-45(47)49(46-21-11-13-23-48(46)50)40-28-24-37(25-29-40)36-14-4-1-5-15-36/h1-35H. The molecule has 0 saturated heterocycles. The second-order valence-corrected chi connectivity index (χ2v) is 16.0. The Bertz CT molecular complexity index is 2600. The summed E-state index contributed by atoms with van der Waals surface area (Å²) in [4.78, 5) is 0. The maximum Gasteiger partial charge on any atom is 0.171 e. The third-order valence-electron chi connectivity index (χ3n) is 10.2. The van der Waals surface area contributed by atoms with E-state index in [-0.39, 0.29) is 0 Å². The molecule has 1 nitrogen and oxygen atoms in total. The van der Waals surface area contributed by atoms with Gasteiger partial charge in [-0.25, -0.2) is 0 Å². The molecule has 0 unspecified atom stereocenters. The quantitative estimate of drug-likeness (QED) is 0.121. The van der Waals surface area contributed by atoms with Gasteiger partial charge in [-0.15, -0.1) is 0 Å². The van der Waals surface area contributed by atoms with E-state index in [2.05, 4.69) is 140 Å². The molecule has 0 atom stereocenters. The Hall–Kier alpha value is -6.27. The Kier molecular flexibility index (Phi) is 8.20. The lowest BCUT2D eigenvalue weighted by molar-refractivity contribution is 0.592. The van der Waals surface area contributed by atoms with Crippen molar-refractivity contribution in [3.63, 3.8) is 0 Å². The van der Waals surface area contributed by atoms with Crippen molar-refractivity contribution in [2.75, 3.05) is 0 Å². The average Bonchev–Trinajstić information content (AvgIpc) is 3.23. The number of rotatable bonds is 7. The van der Waals surface area contributed by atoms with Crippen LogP contribution in [0.2, 0.25) is 0 Å². The number of fused-ring (bicyclic) bond motifs is 2. The van der Waals surface area contributed by atoms with Gasteiger partial charge in [0.2, 0.25) is 0 Å². The van der Waals surface area contributed by atoms with Gasteiger partial charge in [0.15, 0.2) is 7.14 Å². The van der Waals surface area contributed by atoms with Gasteiger partial charge in [-0.1, -0.05) is 212 Å². The molecule has 246 valence electrons. The van der Waals surface area contributed by atoms with Crippen molar-refractivity contribution in [2.24, 2.45) is 0 Å². The topological polar surface area (TPSA) is 17.1 Å². The largest absolute Gasteiger partial charge is 0.309 e. The predicted octanol–water partition coefficient (Wildman–Crippen LogP) is 12.3. The van der Waals surface area contributed by atoms with Crippen LogP contribution >= 0.6 is 7.14 Å². The van der Waals surface area contributed by atoms with E-state index in [1.165, 1.54) is 54.9 Å². The summed E-state index contributed by atoms with van der Waals surface area (Å²) < 4.78 is 14.9.